The molecule has 0 radical (unpaired) electrons. The minimum absolute atomic E-state index is 0.253. The van der Waals surface area contributed by atoms with Gasteiger partial charge in [0.25, 0.3) is 0 Å². The molecule has 1 atom stereocenters. The summed E-state index contributed by atoms with van der Waals surface area (Å²) in [4.78, 5) is 14.3. The zero-order valence-electron chi connectivity index (χ0n) is 12.4. The fourth-order valence-electron chi connectivity index (χ4n) is 2.72. The zero-order chi connectivity index (χ0) is 14.4. The van der Waals surface area contributed by atoms with E-state index in [4.69, 9.17) is 4.74 Å². The fraction of sp³-hybridized carbons (Fsp3) is 0.562. The van der Waals surface area contributed by atoms with E-state index in [1.807, 2.05) is 31.2 Å². The second kappa shape index (κ2) is 7.29. The first-order valence-electron chi connectivity index (χ1n) is 7.39. The Bertz CT molecular complexity index is 448. The molecule has 0 saturated carbocycles. The minimum atomic E-state index is -0.253. The standard InChI is InChI=1S/C16H24N2O2/c1-3-20-16(19)14-8-4-5-9-15(14)17-11-13-7-6-10-18(2)12-13/h4-5,8-9,13,17H,3,6-7,10-12H2,1-2H3. The van der Waals surface area contributed by atoms with Crippen LogP contribution in [0.5, 0.6) is 0 Å². The van der Waals surface area contributed by atoms with Crippen LogP contribution in [0.15, 0.2) is 24.3 Å². The molecule has 110 valence electrons. The topological polar surface area (TPSA) is 41.6 Å². The lowest BCUT2D eigenvalue weighted by atomic mass is 9.98. The highest BCUT2D eigenvalue weighted by molar-refractivity contribution is 5.95. The van der Waals surface area contributed by atoms with E-state index < -0.39 is 0 Å². The molecule has 1 unspecified atom stereocenters. The van der Waals surface area contributed by atoms with Crippen LogP contribution in [0.2, 0.25) is 0 Å². The molecule has 1 heterocycles. The van der Waals surface area contributed by atoms with Crippen LogP contribution in [0.25, 0.3) is 0 Å². The van der Waals surface area contributed by atoms with Gasteiger partial charge in [0.2, 0.25) is 0 Å². The van der Waals surface area contributed by atoms with Crippen molar-refractivity contribution in [1.82, 2.24) is 4.90 Å². The van der Waals surface area contributed by atoms with Gasteiger partial charge in [-0.05, 0) is 51.4 Å². The molecule has 0 spiro atoms. The number of hydrogen-bond acceptors (Lipinski definition) is 4. The van der Waals surface area contributed by atoms with Gasteiger partial charge in [-0.15, -0.1) is 0 Å². The molecule has 0 amide bonds. The number of ether oxygens (including phenoxy) is 1. The number of piperidine rings is 1. The maximum Gasteiger partial charge on any atom is 0.340 e. The number of anilines is 1. The van der Waals surface area contributed by atoms with Gasteiger partial charge in [-0.1, -0.05) is 12.1 Å². The first-order valence-corrected chi connectivity index (χ1v) is 7.39. The number of rotatable bonds is 5. The van der Waals surface area contributed by atoms with Crippen LogP contribution in [0, 0.1) is 5.92 Å². The van der Waals surface area contributed by atoms with Crippen LogP contribution < -0.4 is 5.32 Å². The maximum atomic E-state index is 11.9. The lowest BCUT2D eigenvalue weighted by Gasteiger charge is -2.30. The molecule has 1 saturated heterocycles. The zero-order valence-corrected chi connectivity index (χ0v) is 12.4. The van der Waals surface area contributed by atoms with Gasteiger partial charge in [0.05, 0.1) is 12.2 Å². The van der Waals surface area contributed by atoms with E-state index >= 15 is 0 Å². The summed E-state index contributed by atoms with van der Waals surface area (Å²) in [6, 6.07) is 7.57. The number of esters is 1. The lowest BCUT2D eigenvalue weighted by molar-refractivity contribution is 0.0527. The first-order chi connectivity index (χ1) is 9.70. The van der Waals surface area contributed by atoms with E-state index in [0.29, 0.717) is 18.1 Å². The predicted octanol–water partition coefficient (Wildman–Crippen LogP) is 2.62. The number of nitrogens with one attached hydrogen (secondary N) is 1. The number of likely N-dealkylation sites (tertiary alicyclic amines) is 1. The number of carbonyl (C=O) groups excluding carboxylic acids is 1. The van der Waals surface area contributed by atoms with Crippen molar-refractivity contribution in [2.24, 2.45) is 5.92 Å². The highest BCUT2D eigenvalue weighted by Crippen LogP contribution is 2.19. The Morgan fingerprint density at radius 2 is 2.25 bits per heavy atom. The second-order valence-corrected chi connectivity index (χ2v) is 5.42. The predicted molar refractivity (Wildman–Crippen MR) is 81.1 cm³/mol. The molecule has 0 bridgehead atoms. The van der Waals surface area contributed by atoms with Crippen molar-refractivity contribution in [2.45, 2.75) is 19.8 Å². The smallest absolute Gasteiger partial charge is 0.340 e. The largest absolute Gasteiger partial charge is 0.462 e. The van der Waals surface area contributed by atoms with Crippen LogP contribution in [0.1, 0.15) is 30.1 Å². The van der Waals surface area contributed by atoms with Crippen LogP contribution in [-0.2, 0) is 4.74 Å². The molecule has 0 aromatic heterocycles. The van der Waals surface area contributed by atoms with Gasteiger partial charge in [0.15, 0.2) is 0 Å². The van der Waals surface area contributed by atoms with Crippen LogP contribution in [0.4, 0.5) is 5.69 Å². The lowest BCUT2D eigenvalue weighted by Crippen LogP contribution is -2.35. The summed E-state index contributed by atoms with van der Waals surface area (Å²) in [5.74, 6) is 0.389. The molecule has 1 fully saturated rings. The van der Waals surface area contributed by atoms with Crippen molar-refractivity contribution in [1.29, 1.82) is 0 Å². The molecule has 1 aromatic carbocycles. The van der Waals surface area contributed by atoms with Gasteiger partial charge in [0, 0.05) is 18.8 Å². The van der Waals surface area contributed by atoms with Crippen molar-refractivity contribution >= 4 is 11.7 Å². The molecule has 4 nitrogen and oxygen atoms in total. The van der Waals surface area contributed by atoms with Crippen LogP contribution in [-0.4, -0.2) is 44.2 Å². The Morgan fingerprint density at radius 1 is 1.45 bits per heavy atom. The Balaban J connectivity index is 1.96. The van der Waals surface area contributed by atoms with Crippen molar-refractivity contribution in [3.05, 3.63) is 29.8 Å². The quantitative estimate of drug-likeness (QED) is 0.839. The van der Waals surface area contributed by atoms with Gasteiger partial charge in [-0.25, -0.2) is 4.79 Å². The van der Waals surface area contributed by atoms with Gasteiger partial charge in [-0.2, -0.15) is 0 Å². The third-order valence-electron chi connectivity index (χ3n) is 3.73. The number of carbonyl (C=O) groups is 1. The first kappa shape index (κ1) is 14.9. The highest BCUT2D eigenvalue weighted by atomic mass is 16.5. The molecule has 1 N–H and O–H groups in total. The normalized spacial score (nSPS) is 19.6. The summed E-state index contributed by atoms with van der Waals surface area (Å²) in [6.07, 6.45) is 2.50. The third-order valence-corrected chi connectivity index (χ3v) is 3.73. The third kappa shape index (κ3) is 3.97. The summed E-state index contributed by atoms with van der Waals surface area (Å²) in [5, 5.41) is 3.42. The van der Waals surface area contributed by atoms with E-state index in [1.165, 1.54) is 19.4 Å². The van der Waals surface area contributed by atoms with Crippen molar-refractivity contribution in [2.75, 3.05) is 38.6 Å². The molecule has 2 rings (SSSR count). The molecule has 4 heteroatoms. The Labute approximate surface area is 121 Å². The Hall–Kier alpha value is -1.55. The monoisotopic (exact) mass is 276 g/mol. The molecule has 1 aromatic rings. The molecule has 20 heavy (non-hydrogen) atoms. The van der Waals surface area contributed by atoms with E-state index in [1.54, 1.807) is 0 Å². The molecule has 1 aliphatic heterocycles. The summed E-state index contributed by atoms with van der Waals surface area (Å²) >= 11 is 0. The SMILES string of the molecule is CCOC(=O)c1ccccc1NCC1CCCN(C)C1. The second-order valence-electron chi connectivity index (χ2n) is 5.42. The number of para-hydroxylation sites is 1. The summed E-state index contributed by atoms with van der Waals surface area (Å²) in [6.45, 7) is 5.44. The van der Waals surface area contributed by atoms with E-state index in [-0.39, 0.29) is 5.97 Å². The summed E-state index contributed by atoms with van der Waals surface area (Å²) in [5.41, 5.74) is 1.50. The average Bonchev–Trinajstić information content (AvgIpc) is 2.46. The Morgan fingerprint density at radius 3 is 3.00 bits per heavy atom. The fourth-order valence-corrected chi connectivity index (χ4v) is 2.72. The van der Waals surface area contributed by atoms with Crippen molar-refractivity contribution in [3.8, 4) is 0 Å². The van der Waals surface area contributed by atoms with E-state index in [2.05, 4.69) is 17.3 Å². The van der Waals surface area contributed by atoms with Gasteiger partial charge < -0.3 is 15.0 Å². The number of benzene rings is 1. The average molecular weight is 276 g/mol. The minimum Gasteiger partial charge on any atom is -0.462 e. The van der Waals surface area contributed by atoms with Crippen LogP contribution in [0.3, 0.4) is 0 Å². The number of hydrogen-bond donors (Lipinski definition) is 1. The van der Waals surface area contributed by atoms with Crippen molar-refractivity contribution in [3.63, 3.8) is 0 Å². The van der Waals surface area contributed by atoms with Crippen molar-refractivity contribution < 1.29 is 9.53 Å². The van der Waals surface area contributed by atoms with E-state index in [9.17, 15) is 4.79 Å². The maximum absolute atomic E-state index is 11.9. The van der Waals surface area contributed by atoms with Crippen LogP contribution >= 0.6 is 0 Å². The molecule has 0 aliphatic carbocycles. The van der Waals surface area contributed by atoms with Gasteiger partial charge in [0.1, 0.15) is 0 Å². The van der Waals surface area contributed by atoms with Gasteiger partial charge >= 0.3 is 5.97 Å². The van der Waals surface area contributed by atoms with E-state index in [0.717, 1.165) is 18.8 Å². The summed E-state index contributed by atoms with van der Waals surface area (Å²) < 4.78 is 5.09. The summed E-state index contributed by atoms with van der Waals surface area (Å²) in [7, 11) is 2.17. The molecular formula is C16H24N2O2. The number of nitrogens with zero attached hydrogens (tertiary/aromatic N) is 1. The molecular weight excluding hydrogens is 252 g/mol. The molecule has 1 aliphatic rings. The van der Waals surface area contributed by atoms with Gasteiger partial charge in [-0.3, -0.25) is 0 Å². The highest BCUT2D eigenvalue weighted by Gasteiger charge is 2.18. The Kier molecular flexibility index (Phi) is 5.41.